The molecule has 1 heterocycles. The second-order valence-electron chi connectivity index (χ2n) is 3.10. The van der Waals surface area contributed by atoms with Gasteiger partial charge >= 0.3 is 5.97 Å². The SMILES string of the molecule is Cc1nc(CNCC(C)C(=O)O)no1. The smallest absolute Gasteiger partial charge is 0.307 e. The van der Waals surface area contributed by atoms with Crippen molar-refractivity contribution in [2.24, 2.45) is 5.92 Å². The molecule has 0 saturated heterocycles. The van der Waals surface area contributed by atoms with Crippen LogP contribution in [0.1, 0.15) is 18.6 Å². The van der Waals surface area contributed by atoms with Crippen LogP contribution in [0.5, 0.6) is 0 Å². The van der Waals surface area contributed by atoms with Gasteiger partial charge in [0.05, 0.1) is 12.5 Å². The summed E-state index contributed by atoms with van der Waals surface area (Å²) in [7, 11) is 0. The predicted octanol–water partition coefficient (Wildman–Crippen LogP) is 0.188. The van der Waals surface area contributed by atoms with E-state index in [0.717, 1.165) is 0 Å². The Morgan fingerprint density at radius 2 is 2.43 bits per heavy atom. The minimum absolute atomic E-state index is 0.392. The van der Waals surface area contributed by atoms with Crippen molar-refractivity contribution < 1.29 is 14.4 Å². The highest BCUT2D eigenvalue weighted by atomic mass is 16.5. The fraction of sp³-hybridized carbons (Fsp3) is 0.625. The summed E-state index contributed by atoms with van der Waals surface area (Å²) in [6.07, 6.45) is 0. The summed E-state index contributed by atoms with van der Waals surface area (Å²) in [6, 6.07) is 0. The van der Waals surface area contributed by atoms with E-state index in [1.54, 1.807) is 13.8 Å². The van der Waals surface area contributed by atoms with Gasteiger partial charge in [0.2, 0.25) is 5.89 Å². The molecule has 0 aliphatic heterocycles. The summed E-state index contributed by atoms with van der Waals surface area (Å²) < 4.78 is 4.75. The molecule has 1 aromatic heterocycles. The third kappa shape index (κ3) is 3.14. The maximum atomic E-state index is 10.5. The maximum absolute atomic E-state index is 10.5. The van der Waals surface area contributed by atoms with Crippen LogP contribution in [0, 0.1) is 12.8 Å². The topological polar surface area (TPSA) is 88.2 Å². The molecule has 0 aliphatic rings. The normalized spacial score (nSPS) is 12.7. The summed E-state index contributed by atoms with van der Waals surface area (Å²) in [5.41, 5.74) is 0. The molecule has 0 fully saturated rings. The van der Waals surface area contributed by atoms with Crippen molar-refractivity contribution >= 4 is 5.97 Å². The fourth-order valence-electron chi connectivity index (χ4n) is 0.901. The number of hydrogen-bond donors (Lipinski definition) is 2. The van der Waals surface area contributed by atoms with E-state index >= 15 is 0 Å². The van der Waals surface area contributed by atoms with Gasteiger partial charge < -0.3 is 14.9 Å². The van der Waals surface area contributed by atoms with E-state index in [2.05, 4.69) is 15.5 Å². The van der Waals surface area contributed by atoms with Gasteiger partial charge in [-0.1, -0.05) is 12.1 Å². The molecule has 78 valence electrons. The first kappa shape index (κ1) is 10.6. The molecule has 0 aromatic carbocycles. The van der Waals surface area contributed by atoms with Gasteiger partial charge in [-0.2, -0.15) is 4.98 Å². The number of carbonyl (C=O) groups is 1. The van der Waals surface area contributed by atoms with Gasteiger partial charge in [-0.25, -0.2) is 0 Å². The number of carboxylic acids is 1. The molecular formula is C8H13N3O3. The lowest BCUT2D eigenvalue weighted by Crippen LogP contribution is -2.26. The van der Waals surface area contributed by atoms with Gasteiger partial charge in [-0.3, -0.25) is 4.79 Å². The van der Waals surface area contributed by atoms with Crippen molar-refractivity contribution in [1.29, 1.82) is 0 Å². The largest absolute Gasteiger partial charge is 0.481 e. The molecule has 6 nitrogen and oxygen atoms in total. The van der Waals surface area contributed by atoms with Crippen LogP contribution in [0.15, 0.2) is 4.52 Å². The molecule has 0 bridgehead atoms. The van der Waals surface area contributed by atoms with E-state index in [9.17, 15) is 4.79 Å². The highest BCUT2D eigenvalue weighted by Crippen LogP contribution is 1.96. The van der Waals surface area contributed by atoms with E-state index in [0.29, 0.717) is 24.8 Å². The summed E-state index contributed by atoms with van der Waals surface area (Å²) in [4.78, 5) is 14.4. The molecule has 1 aromatic rings. The van der Waals surface area contributed by atoms with E-state index in [1.165, 1.54) is 0 Å². The van der Waals surface area contributed by atoms with Crippen molar-refractivity contribution in [2.45, 2.75) is 20.4 Å². The van der Waals surface area contributed by atoms with E-state index in [4.69, 9.17) is 9.63 Å². The molecule has 1 unspecified atom stereocenters. The Kier molecular flexibility index (Phi) is 3.58. The number of nitrogens with zero attached hydrogens (tertiary/aromatic N) is 2. The second kappa shape index (κ2) is 4.71. The predicted molar refractivity (Wildman–Crippen MR) is 47.5 cm³/mol. The number of aryl methyl sites for hydroxylation is 1. The molecule has 14 heavy (non-hydrogen) atoms. The third-order valence-corrected chi connectivity index (χ3v) is 1.72. The zero-order chi connectivity index (χ0) is 10.6. The number of carboxylic acid groups (broad SMARTS) is 1. The summed E-state index contributed by atoms with van der Waals surface area (Å²) in [5, 5.41) is 15.2. The van der Waals surface area contributed by atoms with Crippen LogP contribution in [0.2, 0.25) is 0 Å². The summed E-state index contributed by atoms with van der Waals surface area (Å²) in [6.45, 7) is 4.16. The van der Waals surface area contributed by atoms with Crippen LogP contribution >= 0.6 is 0 Å². The number of nitrogens with one attached hydrogen (secondary N) is 1. The van der Waals surface area contributed by atoms with Gasteiger partial charge in [-0.05, 0) is 0 Å². The molecule has 0 amide bonds. The van der Waals surface area contributed by atoms with Crippen molar-refractivity contribution in [2.75, 3.05) is 6.54 Å². The van der Waals surface area contributed by atoms with Crippen molar-refractivity contribution in [3.8, 4) is 0 Å². The van der Waals surface area contributed by atoms with Crippen LogP contribution in [0.4, 0.5) is 0 Å². The minimum Gasteiger partial charge on any atom is -0.481 e. The van der Waals surface area contributed by atoms with E-state index in [1.807, 2.05) is 0 Å². The van der Waals surface area contributed by atoms with Crippen LogP contribution in [-0.4, -0.2) is 27.8 Å². The number of hydrogen-bond acceptors (Lipinski definition) is 5. The molecule has 0 spiro atoms. The number of rotatable bonds is 5. The van der Waals surface area contributed by atoms with Crippen molar-refractivity contribution in [3.05, 3.63) is 11.7 Å². The highest BCUT2D eigenvalue weighted by molar-refractivity contribution is 5.69. The zero-order valence-electron chi connectivity index (χ0n) is 8.15. The van der Waals surface area contributed by atoms with Crippen molar-refractivity contribution in [1.82, 2.24) is 15.5 Å². The Labute approximate surface area is 81.3 Å². The Morgan fingerprint density at radius 3 is 2.93 bits per heavy atom. The quantitative estimate of drug-likeness (QED) is 0.703. The van der Waals surface area contributed by atoms with Crippen LogP contribution in [0.3, 0.4) is 0 Å². The van der Waals surface area contributed by atoms with Gasteiger partial charge in [0, 0.05) is 13.5 Å². The fourth-order valence-corrected chi connectivity index (χ4v) is 0.901. The zero-order valence-corrected chi connectivity index (χ0v) is 8.15. The number of aromatic nitrogens is 2. The Bertz CT molecular complexity index is 311. The number of aliphatic carboxylic acids is 1. The first-order chi connectivity index (χ1) is 6.59. The molecule has 1 rings (SSSR count). The lowest BCUT2D eigenvalue weighted by molar-refractivity contribution is -0.140. The van der Waals surface area contributed by atoms with Gasteiger partial charge in [0.25, 0.3) is 0 Å². The van der Waals surface area contributed by atoms with Gasteiger partial charge in [0.1, 0.15) is 0 Å². The van der Waals surface area contributed by atoms with Crippen LogP contribution in [-0.2, 0) is 11.3 Å². The highest BCUT2D eigenvalue weighted by Gasteiger charge is 2.10. The molecule has 1 atom stereocenters. The van der Waals surface area contributed by atoms with Crippen LogP contribution < -0.4 is 5.32 Å². The molecule has 0 aliphatic carbocycles. The maximum Gasteiger partial charge on any atom is 0.307 e. The summed E-state index contributed by atoms with van der Waals surface area (Å²) in [5.74, 6) is -0.182. The molecule has 2 N–H and O–H groups in total. The minimum atomic E-state index is -0.818. The first-order valence-corrected chi connectivity index (χ1v) is 4.32. The second-order valence-corrected chi connectivity index (χ2v) is 3.10. The van der Waals surface area contributed by atoms with Crippen LogP contribution in [0.25, 0.3) is 0 Å². The summed E-state index contributed by atoms with van der Waals surface area (Å²) >= 11 is 0. The lowest BCUT2D eigenvalue weighted by atomic mass is 10.2. The monoisotopic (exact) mass is 199 g/mol. The average molecular weight is 199 g/mol. The Hall–Kier alpha value is -1.43. The Morgan fingerprint density at radius 1 is 1.71 bits per heavy atom. The van der Waals surface area contributed by atoms with Gasteiger partial charge in [-0.15, -0.1) is 0 Å². The lowest BCUT2D eigenvalue weighted by Gasteiger charge is -2.05. The molecule has 0 radical (unpaired) electrons. The van der Waals surface area contributed by atoms with E-state index in [-0.39, 0.29) is 0 Å². The Balaban J connectivity index is 2.25. The third-order valence-electron chi connectivity index (χ3n) is 1.72. The van der Waals surface area contributed by atoms with Gasteiger partial charge in [0.15, 0.2) is 5.82 Å². The molecular weight excluding hydrogens is 186 g/mol. The standard InChI is InChI=1S/C8H13N3O3/c1-5(8(12)13)3-9-4-7-10-6(2)14-11-7/h5,9H,3-4H2,1-2H3,(H,12,13). The molecule has 0 saturated carbocycles. The molecule has 6 heteroatoms. The van der Waals surface area contributed by atoms with Crippen molar-refractivity contribution in [3.63, 3.8) is 0 Å². The first-order valence-electron chi connectivity index (χ1n) is 4.32. The van der Waals surface area contributed by atoms with E-state index < -0.39 is 11.9 Å². The average Bonchev–Trinajstić information content (AvgIpc) is 2.51.